The van der Waals surface area contributed by atoms with Crippen LogP contribution in [0.5, 0.6) is 11.5 Å². The van der Waals surface area contributed by atoms with E-state index < -0.39 is 18.0 Å². The summed E-state index contributed by atoms with van der Waals surface area (Å²) in [6, 6.07) is 13.1. The van der Waals surface area contributed by atoms with Crippen molar-refractivity contribution in [1.82, 2.24) is 14.9 Å². The maximum Gasteiger partial charge on any atom is 0.340 e. The van der Waals surface area contributed by atoms with Gasteiger partial charge in [-0.15, -0.1) is 11.3 Å². The minimum Gasteiger partial charge on any atom is -0.493 e. The van der Waals surface area contributed by atoms with E-state index in [0.717, 1.165) is 47.2 Å². The first-order chi connectivity index (χ1) is 19.4. The number of methoxy groups -OCH3 is 2. The van der Waals surface area contributed by atoms with Gasteiger partial charge >= 0.3 is 5.97 Å². The Bertz CT molecular complexity index is 1550. The van der Waals surface area contributed by atoms with Gasteiger partial charge in [0.2, 0.25) is 0 Å². The number of nitrogens with one attached hydrogen (secondary N) is 1. The summed E-state index contributed by atoms with van der Waals surface area (Å²) in [6.45, 7) is 6.30. The standard InChI is InChI=1S/C30H32N4O5S/c1-5-24(28(35)33-30-32-23(17-40-30)18-11-12-25(37-3)26(15-18)38-4)39-29(36)27-19-9-7-8-10-21(19)31-22-13-14-34(6-2)16-20(22)27/h7-12,15,17,24H,5-6,13-14,16H2,1-4H3,(H,32,33,35). The number of nitrogens with zero attached hydrogens (tertiary/aromatic N) is 3. The van der Waals surface area contributed by atoms with E-state index >= 15 is 0 Å². The molecule has 1 unspecified atom stereocenters. The van der Waals surface area contributed by atoms with Crippen LogP contribution in [0, 0.1) is 0 Å². The Morgan fingerprint density at radius 1 is 1.07 bits per heavy atom. The van der Waals surface area contributed by atoms with Gasteiger partial charge in [-0.3, -0.25) is 20.0 Å². The molecule has 0 saturated heterocycles. The molecule has 0 saturated carbocycles. The second-order valence-electron chi connectivity index (χ2n) is 9.45. The molecule has 1 amide bonds. The lowest BCUT2D eigenvalue weighted by molar-refractivity contribution is -0.124. The van der Waals surface area contributed by atoms with Gasteiger partial charge in [0.15, 0.2) is 22.7 Å². The third kappa shape index (κ3) is 5.50. The Hall–Kier alpha value is -4.02. The highest BCUT2D eigenvalue weighted by Gasteiger charge is 2.29. The number of pyridine rings is 1. The molecule has 1 N–H and O–H groups in total. The largest absolute Gasteiger partial charge is 0.493 e. The number of thiazole rings is 1. The Balaban J connectivity index is 1.36. The average molecular weight is 561 g/mol. The molecule has 208 valence electrons. The summed E-state index contributed by atoms with van der Waals surface area (Å²) in [5, 5.41) is 5.81. The van der Waals surface area contributed by atoms with E-state index in [0.29, 0.717) is 40.9 Å². The lowest BCUT2D eigenvalue weighted by Gasteiger charge is -2.29. The van der Waals surface area contributed by atoms with Gasteiger partial charge in [-0.1, -0.05) is 32.0 Å². The molecule has 2 aromatic heterocycles. The lowest BCUT2D eigenvalue weighted by atomic mass is 9.95. The predicted octanol–water partition coefficient (Wildman–Crippen LogP) is 5.33. The minimum atomic E-state index is -0.977. The molecule has 5 rings (SSSR count). The van der Waals surface area contributed by atoms with Gasteiger partial charge in [-0.05, 0) is 37.2 Å². The van der Waals surface area contributed by atoms with Crippen molar-refractivity contribution < 1.29 is 23.8 Å². The van der Waals surface area contributed by atoms with Crippen LogP contribution < -0.4 is 14.8 Å². The first-order valence-corrected chi connectivity index (χ1v) is 14.2. The monoisotopic (exact) mass is 560 g/mol. The number of hydrogen-bond donors (Lipinski definition) is 1. The first-order valence-electron chi connectivity index (χ1n) is 13.3. The number of esters is 1. The molecule has 2 aromatic carbocycles. The van der Waals surface area contributed by atoms with Gasteiger partial charge < -0.3 is 14.2 Å². The van der Waals surface area contributed by atoms with Gasteiger partial charge in [-0.25, -0.2) is 9.78 Å². The second-order valence-corrected chi connectivity index (χ2v) is 10.3. The molecule has 1 aliphatic rings. The molecule has 0 aliphatic carbocycles. The van der Waals surface area contributed by atoms with Crippen LogP contribution in [0.3, 0.4) is 0 Å². The van der Waals surface area contributed by atoms with Crippen LogP contribution in [0.15, 0.2) is 47.8 Å². The smallest absolute Gasteiger partial charge is 0.340 e. The molecule has 10 heteroatoms. The summed E-state index contributed by atoms with van der Waals surface area (Å²) in [7, 11) is 3.15. The highest BCUT2D eigenvalue weighted by molar-refractivity contribution is 7.14. The molecular weight excluding hydrogens is 528 g/mol. The van der Waals surface area contributed by atoms with Crippen molar-refractivity contribution in [2.75, 3.05) is 32.6 Å². The van der Waals surface area contributed by atoms with Gasteiger partial charge in [-0.2, -0.15) is 0 Å². The number of anilines is 1. The van der Waals surface area contributed by atoms with E-state index in [9.17, 15) is 9.59 Å². The Labute approximate surface area is 237 Å². The summed E-state index contributed by atoms with van der Waals surface area (Å²) in [4.78, 5) is 38.5. The van der Waals surface area contributed by atoms with Crippen LogP contribution in [-0.2, 0) is 22.5 Å². The molecular formula is C30H32N4O5S. The molecule has 0 radical (unpaired) electrons. The average Bonchev–Trinajstić information content (AvgIpc) is 3.46. The van der Waals surface area contributed by atoms with Crippen molar-refractivity contribution in [2.45, 2.75) is 39.3 Å². The molecule has 0 fully saturated rings. The summed E-state index contributed by atoms with van der Waals surface area (Å²) >= 11 is 1.29. The number of amides is 1. The van der Waals surface area contributed by atoms with Crippen molar-refractivity contribution in [3.63, 3.8) is 0 Å². The van der Waals surface area contributed by atoms with E-state index in [1.807, 2.05) is 48.7 Å². The van der Waals surface area contributed by atoms with Crippen LogP contribution in [0.2, 0.25) is 0 Å². The fourth-order valence-electron chi connectivity index (χ4n) is 4.90. The topological polar surface area (TPSA) is 103 Å². The minimum absolute atomic E-state index is 0.317. The van der Waals surface area contributed by atoms with E-state index in [1.54, 1.807) is 20.3 Å². The number of ether oxygens (including phenoxy) is 3. The highest BCUT2D eigenvalue weighted by atomic mass is 32.1. The van der Waals surface area contributed by atoms with Crippen LogP contribution >= 0.6 is 11.3 Å². The fourth-order valence-corrected chi connectivity index (χ4v) is 5.63. The van der Waals surface area contributed by atoms with Crippen LogP contribution in [-0.4, -0.2) is 60.2 Å². The molecule has 0 bridgehead atoms. The number of likely N-dealkylation sites (N-methyl/N-ethyl adjacent to an activating group) is 1. The van der Waals surface area contributed by atoms with Gasteiger partial charge in [0.25, 0.3) is 5.91 Å². The highest BCUT2D eigenvalue weighted by Crippen LogP contribution is 2.34. The number of fused-ring (bicyclic) bond motifs is 2. The molecule has 3 heterocycles. The van der Waals surface area contributed by atoms with E-state index in [4.69, 9.17) is 19.2 Å². The predicted molar refractivity (Wildman–Crippen MR) is 155 cm³/mol. The van der Waals surface area contributed by atoms with Gasteiger partial charge in [0.05, 0.1) is 31.0 Å². The number of carbonyl (C=O) groups excluding carboxylic acids is 2. The summed E-state index contributed by atoms with van der Waals surface area (Å²) in [5.74, 6) is 0.268. The van der Waals surface area contributed by atoms with Crippen molar-refractivity contribution in [1.29, 1.82) is 0 Å². The second kappa shape index (κ2) is 12.0. The van der Waals surface area contributed by atoms with Crippen molar-refractivity contribution in [2.24, 2.45) is 0 Å². The quantitative estimate of drug-likeness (QED) is 0.274. The van der Waals surface area contributed by atoms with E-state index in [-0.39, 0.29) is 0 Å². The van der Waals surface area contributed by atoms with Crippen LogP contribution in [0.25, 0.3) is 22.2 Å². The van der Waals surface area contributed by atoms with E-state index in [1.165, 1.54) is 11.3 Å². The molecule has 1 atom stereocenters. The zero-order valence-electron chi connectivity index (χ0n) is 23.0. The van der Waals surface area contributed by atoms with Crippen LogP contribution in [0.4, 0.5) is 5.13 Å². The van der Waals surface area contributed by atoms with Crippen molar-refractivity contribution in [3.05, 3.63) is 64.7 Å². The molecule has 40 heavy (non-hydrogen) atoms. The summed E-state index contributed by atoms with van der Waals surface area (Å²) in [5.41, 5.74) is 4.55. The maximum atomic E-state index is 13.7. The summed E-state index contributed by atoms with van der Waals surface area (Å²) < 4.78 is 16.6. The Morgan fingerprint density at radius 2 is 1.88 bits per heavy atom. The Morgan fingerprint density at radius 3 is 2.62 bits per heavy atom. The third-order valence-electron chi connectivity index (χ3n) is 7.10. The van der Waals surface area contributed by atoms with Crippen molar-refractivity contribution >= 4 is 39.2 Å². The number of para-hydroxylation sites is 1. The third-order valence-corrected chi connectivity index (χ3v) is 7.86. The normalized spacial score (nSPS) is 13.9. The lowest BCUT2D eigenvalue weighted by Crippen LogP contribution is -2.35. The van der Waals surface area contributed by atoms with Crippen molar-refractivity contribution in [3.8, 4) is 22.8 Å². The number of aromatic nitrogens is 2. The molecule has 0 spiro atoms. The SMILES string of the molecule is CCC(OC(=O)c1c2c(nc3ccccc13)CCN(CC)C2)C(=O)Nc1nc(-c2ccc(OC)c(OC)c2)cs1. The summed E-state index contributed by atoms with van der Waals surface area (Å²) in [6.07, 6.45) is 0.102. The molecule has 1 aliphatic heterocycles. The molecule has 4 aromatic rings. The van der Waals surface area contributed by atoms with E-state index in [2.05, 4.69) is 22.1 Å². The van der Waals surface area contributed by atoms with Gasteiger partial charge in [0, 0.05) is 47.1 Å². The maximum absolute atomic E-state index is 13.7. The number of rotatable bonds is 9. The van der Waals surface area contributed by atoms with Crippen LogP contribution in [0.1, 0.15) is 41.9 Å². The number of hydrogen-bond acceptors (Lipinski definition) is 9. The van der Waals surface area contributed by atoms with Gasteiger partial charge in [0.1, 0.15) is 0 Å². The number of carbonyl (C=O) groups is 2. The first kappa shape index (κ1) is 27.5. The zero-order valence-corrected chi connectivity index (χ0v) is 23.8. The number of benzene rings is 2. The Kier molecular flexibility index (Phi) is 8.27. The molecule has 9 nitrogen and oxygen atoms in total. The fraction of sp³-hybridized carbons (Fsp3) is 0.333. The zero-order chi connectivity index (χ0) is 28.2.